The van der Waals surface area contributed by atoms with E-state index in [1.165, 1.54) is 25.7 Å². The summed E-state index contributed by atoms with van der Waals surface area (Å²) >= 11 is 0. The van der Waals surface area contributed by atoms with Crippen LogP contribution in [-0.4, -0.2) is 10.1 Å². The number of hydrogen-bond acceptors (Lipinski definition) is 3. The molecule has 2 bridgehead atoms. The van der Waals surface area contributed by atoms with E-state index in [9.17, 15) is 0 Å². The summed E-state index contributed by atoms with van der Waals surface area (Å²) < 4.78 is 5.03. The van der Waals surface area contributed by atoms with E-state index >= 15 is 0 Å². The van der Waals surface area contributed by atoms with Crippen LogP contribution in [0.5, 0.6) is 0 Å². The van der Waals surface area contributed by atoms with Gasteiger partial charge in [0.05, 0.1) is 0 Å². The minimum Gasteiger partial charge on any atom is -0.335 e. The van der Waals surface area contributed by atoms with Crippen molar-refractivity contribution < 1.29 is 4.52 Å². The predicted octanol–water partition coefficient (Wildman–Crippen LogP) is 2.69. The van der Waals surface area contributed by atoms with Gasteiger partial charge in [-0.1, -0.05) is 18.2 Å². The highest BCUT2D eigenvalue weighted by molar-refractivity contribution is 5.32. The molecule has 0 saturated heterocycles. The first-order valence-corrected chi connectivity index (χ1v) is 5.80. The zero-order valence-corrected chi connectivity index (χ0v) is 8.85. The Morgan fingerprint density at radius 1 is 1.40 bits per heavy atom. The molecule has 3 atom stereocenters. The lowest BCUT2D eigenvalue weighted by atomic mass is 9.86. The van der Waals surface area contributed by atoms with E-state index in [1.807, 2.05) is 0 Å². The first-order chi connectivity index (χ1) is 7.35. The lowest BCUT2D eigenvalue weighted by Crippen LogP contribution is -2.13. The zero-order chi connectivity index (χ0) is 10.3. The Morgan fingerprint density at radius 3 is 2.93 bits per heavy atom. The number of rotatable bonds is 3. The van der Waals surface area contributed by atoms with E-state index in [4.69, 9.17) is 4.52 Å². The smallest absolute Gasteiger partial charge is 0.250 e. The molecule has 2 aliphatic carbocycles. The molecule has 2 saturated carbocycles. The maximum absolute atomic E-state index is 5.03. The third-order valence-electron chi connectivity index (χ3n) is 3.99. The second-order valence-electron chi connectivity index (χ2n) is 4.89. The van der Waals surface area contributed by atoms with Crippen molar-refractivity contribution in [2.75, 3.05) is 0 Å². The van der Waals surface area contributed by atoms with Crippen LogP contribution in [0.2, 0.25) is 0 Å². The fourth-order valence-corrected chi connectivity index (χ4v) is 3.29. The van der Waals surface area contributed by atoms with Crippen molar-refractivity contribution in [2.45, 2.75) is 32.1 Å². The van der Waals surface area contributed by atoms with E-state index in [0.717, 1.165) is 30.0 Å². The molecule has 15 heavy (non-hydrogen) atoms. The normalized spacial score (nSPS) is 33.5. The van der Waals surface area contributed by atoms with Crippen molar-refractivity contribution in [2.24, 2.45) is 17.8 Å². The molecular formula is C12H16N2O. The number of hydrogen-bond donors (Lipinski definition) is 0. The fraction of sp³-hybridized carbons (Fsp3) is 0.667. The zero-order valence-electron chi connectivity index (χ0n) is 8.85. The second kappa shape index (κ2) is 3.47. The average molecular weight is 204 g/mol. The van der Waals surface area contributed by atoms with Gasteiger partial charge in [0.2, 0.25) is 5.89 Å². The summed E-state index contributed by atoms with van der Waals surface area (Å²) in [5.74, 6) is 4.14. The summed E-state index contributed by atoms with van der Waals surface area (Å²) in [6.45, 7) is 3.62. The van der Waals surface area contributed by atoms with Crippen molar-refractivity contribution in [3.8, 4) is 0 Å². The molecule has 3 heteroatoms. The van der Waals surface area contributed by atoms with Crippen LogP contribution in [0.15, 0.2) is 11.1 Å². The highest BCUT2D eigenvalue weighted by Crippen LogP contribution is 2.49. The van der Waals surface area contributed by atoms with Gasteiger partial charge in [-0.25, -0.2) is 0 Å². The molecule has 1 heterocycles. The molecule has 3 rings (SSSR count). The summed E-state index contributed by atoms with van der Waals surface area (Å²) in [4.78, 5) is 4.28. The van der Waals surface area contributed by atoms with Gasteiger partial charge >= 0.3 is 0 Å². The Morgan fingerprint density at radius 2 is 2.33 bits per heavy atom. The molecule has 0 radical (unpaired) electrons. The Kier molecular flexibility index (Phi) is 2.11. The number of fused-ring (bicyclic) bond motifs is 2. The van der Waals surface area contributed by atoms with Crippen molar-refractivity contribution in [3.05, 3.63) is 18.3 Å². The van der Waals surface area contributed by atoms with Gasteiger partial charge in [0.1, 0.15) is 0 Å². The van der Waals surface area contributed by atoms with Gasteiger partial charge in [-0.15, -0.1) is 0 Å². The van der Waals surface area contributed by atoms with E-state index in [0.29, 0.717) is 5.89 Å². The first-order valence-electron chi connectivity index (χ1n) is 5.80. The summed E-state index contributed by atoms with van der Waals surface area (Å²) in [6.07, 6.45) is 8.29. The minimum absolute atomic E-state index is 0.549. The van der Waals surface area contributed by atoms with Gasteiger partial charge < -0.3 is 4.52 Å². The van der Waals surface area contributed by atoms with Crippen LogP contribution >= 0.6 is 0 Å². The molecule has 0 aliphatic heterocycles. The van der Waals surface area contributed by atoms with Gasteiger partial charge in [0.25, 0.3) is 0 Å². The Bertz CT molecular complexity index is 371. The Balaban J connectivity index is 1.68. The molecule has 0 amide bonds. The number of aromatic nitrogens is 2. The topological polar surface area (TPSA) is 38.9 Å². The monoisotopic (exact) mass is 204 g/mol. The largest absolute Gasteiger partial charge is 0.335 e. The average Bonchev–Trinajstić information content (AvgIpc) is 2.92. The third kappa shape index (κ3) is 1.60. The molecule has 80 valence electrons. The van der Waals surface area contributed by atoms with Gasteiger partial charge in [-0.2, -0.15) is 4.98 Å². The predicted molar refractivity (Wildman–Crippen MR) is 57.0 cm³/mol. The molecule has 1 aromatic heterocycles. The quantitative estimate of drug-likeness (QED) is 0.759. The molecule has 3 nitrogen and oxygen atoms in total. The summed E-state index contributed by atoms with van der Waals surface area (Å²) in [7, 11) is 0. The molecule has 0 aromatic carbocycles. The van der Waals surface area contributed by atoms with Crippen LogP contribution in [0.25, 0.3) is 6.08 Å². The van der Waals surface area contributed by atoms with Crippen LogP contribution in [0.4, 0.5) is 0 Å². The van der Waals surface area contributed by atoms with Crippen molar-refractivity contribution in [3.63, 3.8) is 0 Å². The third-order valence-corrected chi connectivity index (χ3v) is 3.99. The SMILES string of the molecule is C=Cc1nc(CC2CC3CCC2C3)no1. The molecule has 2 aliphatic rings. The van der Waals surface area contributed by atoms with Crippen LogP contribution in [0.1, 0.15) is 37.4 Å². The molecule has 1 aromatic rings. The molecule has 0 N–H and O–H groups in total. The summed E-state index contributed by atoms with van der Waals surface area (Å²) in [6, 6.07) is 0. The highest BCUT2D eigenvalue weighted by Gasteiger charge is 2.39. The summed E-state index contributed by atoms with van der Waals surface area (Å²) in [5, 5.41) is 3.98. The second-order valence-corrected chi connectivity index (χ2v) is 4.89. The lowest BCUT2D eigenvalue weighted by Gasteiger charge is -2.19. The number of nitrogens with zero attached hydrogens (tertiary/aromatic N) is 2. The maximum atomic E-state index is 5.03. The summed E-state index contributed by atoms with van der Waals surface area (Å²) in [5.41, 5.74) is 0. The van der Waals surface area contributed by atoms with Gasteiger partial charge in [-0.3, -0.25) is 0 Å². The minimum atomic E-state index is 0.549. The highest BCUT2D eigenvalue weighted by atomic mass is 16.5. The Labute approximate surface area is 89.6 Å². The maximum Gasteiger partial charge on any atom is 0.250 e. The van der Waals surface area contributed by atoms with Crippen molar-refractivity contribution >= 4 is 6.08 Å². The molecular weight excluding hydrogens is 188 g/mol. The molecule has 3 unspecified atom stereocenters. The van der Waals surface area contributed by atoms with Gasteiger partial charge in [0.15, 0.2) is 5.82 Å². The van der Waals surface area contributed by atoms with E-state index in [-0.39, 0.29) is 0 Å². The van der Waals surface area contributed by atoms with Gasteiger partial charge in [0, 0.05) is 6.42 Å². The van der Waals surface area contributed by atoms with Crippen LogP contribution < -0.4 is 0 Å². The van der Waals surface area contributed by atoms with Crippen LogP contribution in [-0.2, 0) is 6.42 Å². The fourth-order valence-electron chi connectivity index (χ4n) is 3.29. The van der Waals surface area contributed by atoms with E-state index in [2.05, 4.69) is 16.7 Å². The van der Waals surface area contributed by atoms with Crippen LogP contribution in [0, 0.1) is 17.8 Å². The standard InChI is InChI=1S/C12H16N2O/c1-2-12-13-11(14-15-12)7-10-6-8-3-4-9(10)5-8/h2,8-10H,1,3-7H2. The van der Waals surface area contributed by atoms with Crippen molar-refractivity contribution in [1.82, 2.24) is 10.1 Å². The van der Waals surface area contributed by atoms with Gasteiger partial charge in [-0.05, 0) is 43.1 Å². The molecule has 2 fully saturated rings. The molecule has 0 spiro atoms. The first kappa shape index (κ1) is 9.13. The lowest BCUT2D eigenvalue weighted by molar-refractivity contribution is 0.320. The van der Waals surface area contributed by atoms with Crippen LogP contribution in [0.3, 0.4) is 0 Å². The van der Waals surface area contributed by atoms with E-state index < -0.39 is 0 Å². The van der Waals surface area contributed by atoms with Crippen molar-refractivity contribution in [1.29, 1.82) is 0 Å². The Hall–Kier alpha value is -1.12. The van der Waals surface area contributed by atoms with E-state index in [1.54, 1.807) is 6.08 Å².